The third-order valence-corrected chi connectivity index (χ3v) is 5.21. The monoisotopic (exact) mass is 308 g/mol. The number of carbonyl (C=O) groups excluding carboxylic acids is 1. The highest BCUT2D eigenvalue weighted by molar-refractivity contribution is 7.07. The maximum Gasteiger partial charge on any atom is 0.241 e. The van der Waals surface area contributed by atoms with Gasteiger partial charge in [-0.2, -0.15) is 11.3 Å². The summed E-state index contributed by atoms with van der Waals surface area (Å²) in [5.41, 5.74) is 1.38. The van der Waals surface area contributed by atoms with Crippen molar-refractivity contribution in [1.29, 1.82) is 0 Å². The first-order valence-electron chi connectivity index (χ1n) is 8.07. The predicted molar refractivity (Wildman–Crippen MR) is 89.3 cm³/mol. The molecule has 0 radical (unpaired) electrons. The molecule has 1 saturated heterocycles. The van der Waals surface area contributed by atoms with E-state index in [4.69, 9.17) is 0 Å². The Morgan fingerprint density at radius 2 is 2.14 bits per heavy atom. The summed E-state index contributed by atoms with van der Waals surface area (Å²) in [6, 6.07) is 2.12. The van der Waals surface area contributed by atoms with Crippen molar-refractivity contribution in [2.45, 2.75) is 65.6 Å². The van der Waals surface area contributed by atoms with Crippen molar-refractivity contribution in [3.05, 3.63) is 22.4 Å². The first kappa shape index (κ1) is 16.5. The van der Waals surface area contributed by atoms with Crippen molar-refractivity contribution in [3.63, 3.8) is 0 Å². The first-order chi connectivity index (χ1) is 9.98. The van der Waals surface area contributed by atoms with Gasteiger partial charge < -0.3 is 4.90 Å². The lowest BCUT2D eigenvalue weighted by Gasteiger charge is -2.32. The Morgan fingerprint density at radius 1 is 1.38 bits per heavy atom. The molecule has 3 nitrogen and oxygen atoms in total. The third-order valence-electron chi connectivity index (χ3n) is 4.51. The number of thiophene rings is 1. The van der Waals surface area contributed by atoms with Crippen LogP contribution in [0.1, 0.15) is 65.1 Å². The van der Waals surface area contributed by atoms with Crippen LogP contribution in [-0.2, 0) is 4.79 Å². The van der Waals surface area contributed by atoms with E-state index in [1.54, 1.807) is 11.3 Å². The van der Waals surface area contributed by atoms with Gasteiger partial charge in [-0.05, 0) is 40.6 Å². The van der Waals surface area contributed by atoms with E-state index in [0.717, 1.165) is 32.2 Å². The molecule has 0 aromatic carbocycles. The van der Waals surface area contributed by atoms with Crippen molar-refractivity contribution < 1.29 is 4.79 Å². The number of nitrogens with one attached hydrogen (secondary N) is 1. The van der Waals surface area contributed by atoms with E-state index in [1.165, 1.54) is 5.56 Å². The molecule has 1 aliphatic rings. The van der Waals surface area contributed by atoms with E-state index in [9.17, 15) is 4.79 Å². The molecule has 0 bridgehead atoms. The lowest BCUT2D eigenvalue weighted by atomic mass is 9.89. The normalized spacial score (nSPS) is 23.0. The fourth-order valence-corrected chi connectivity index (χ4v) is 3.42. The van der Waals surface area contributed by atoms with Crippen LogP contribution in [0.15, 0.2) is 16.8 Å². The molecule has 1 aromatic rings. The maximum atomic E-state index is 12.8. The summed E-state index contributed by atoms with van der Waals surface area (Å²) in [5.74, 6) is 0.279. The molecule has 1 aliphatic heterocycles. The summed E-state index contributed by atoms with van der Waals surface area (Å²) in [5, 5.41) is 7.80. The van der Waals surface area contributed by atoms with Gasteiger partial charge in [-0.25, -0.2) is 0 Å². The Morgan fingerprint density at radius 3 is 2.71 bits per heavy atom. The van der Waals surface area contributed by atoms with Crippen molar-refractivity contribution in [1.82, 2.24) is 10.2 Å². The molecule has 2 rings (SSSR count). The Bertz CT molecular complexity index is 455. The van der Waals surface area contributed by atoms with Gasteiger partial charge in [0.15, 0.2) is 0 Å². The molecule has 118 valence electrons. The van der Waals surface area contributed by atoms with Gasteiger partial charge in [0.2, 0.25) is 5.91 Å². The van der Waals surface area contributed by atoms with Gasteiger partial charge in [0, 0.05) is 6.54 Å². The molecular weight excluding hydrogens is 280 g/mol. The first-order valence-corrected chi connectivity index (χ1v) is 9.01. The number of hydrogen-bond acceptors (Lipinski definition) is 3. The molecule has 1 aromatic heterocycles. The van der Waals surface area contributed by atoms with Crippen molar-refractivity contribution in [2.75, 3.05) is 6.54 Å². The van der Waals surface area contributed by atoms with Crippen LogP contribution in [0.4, 0.5) is 0 Å². The second-order valence-corrected chi connectivity index (χ2v) is 7.58. The molecular formula is C17H28N2OS. The van der Waals surface area contributed by atoms with Gasteiger partial charge >= 0.3 is 0 Å². The average Bonchev–Trinajstić information content (AvgIpc) is 3.07. The number of amides is 1. The van der Waals surface area contributed by atoms with Gasteiger partial charge in [-0.15, -0.1) is 0 Å². The Hall–Kier alpha value is -0.870. The summed E-state index contributed by atoms with van der Waals surface area (Å²) in [6.45, 7) is 9.67. The minimum absolute atomic E-state index is 0.0116. The van der Waals surface area contributed by atoms with Crippen molar-refractivity contribution >= 4 is 17.2 Å². The summed E-state index contributed by atoms with van der Waals surface area (Å²) >= 11 is 1.69. The summed E-state index contributed by atoms with van der Waals surface area (Å²) in [7, 11) is 0. The summed E-state index contributed by atoms with van der Waals surface area (Å²) in [6.07, 6.45) is 4.31. The van der Waals surface area contributed by atoms with Gasteiger partial charge in [0.25, 0.3) is 0 Å². The minimum atomic E-state index is -0.0116. The molecule has 21 heavy (non-hydrogen) atoms. The standard InChI is InChI=1S/C17H28N2OS/c1-5-7-8-14-16(20)19(12-17(3,4)6-2)15(18-14)13-9-10-21-11-13/h9-11,14-15,18H,5-8,12H2,1-4H3. The molecule has 2 atom stereocenters. The molecule has 4 heteroatoms. The topological polar surface area (TPSA) is 32.3 Å². The summed E-state index contributed by atoms with van der Waals surface area (Å²) in [4.78, 5) is 14.8. The van der Waals surface area contributed by atoms with E-state index < -0.39 is 0 Å². The maximum absolute atomic E-state index is 12.8. The Balaban J connectivity index is 2.17. The fourth-order valence-electron chi connectivity index (χ4n) is 2.74. The molecule has 1 amide bonds. The highest BCUT2D eigenvalue weighted by Gasteiger charge is 2.41. The van der Waals surface area contributed by atoms with Crippen LogP contribution in [0.2, 0.25) is 0 Å². The van der Waals surface area contributed by atoms with Gasteiger partial charge in [-0.3, -0.25) is 10.1 Å². The van der Waals surface area contributed by atoms with Gasteiger partial charge in [0.05, 0.1) is 6.04 Å². The van der Waals surface area contributed by atoms with Crippen LogP contribution < -0.4 is 5.32 Å². The predicted octanol–water partition coefficient (Wildman–Crippen LogP) is 4.17. The van der Waals surface area contributed by atoms with E-state index in [-0.39, 0.29) is 23.5 Å². The molecule has 0 spiro atoms. The number of nitrogens with zero attached hydrogens (tertiary/aromatic N) is 1. The van der Waals surface area contributed by atoms with Crippen LogP contribution in [-0.4, -0.2) is 23.4 Å². The van der Waals surface area contributed by atoms with Crippen molar-refractivity contribution in [3.8, 4) is 0 Å². The average molecular weight is 308 g/mol. The molecule has 2 heterocycles. The van der Waals surface area contributed by atoms with Crippen LogP contribution in [0.25, 0.3) is 0 Å². The third kappa shape index (κ3) is 3.86. The second-order valence-electron chi connectivity index (χ2n) is 6.80. The van der Waals surface area contributed by atoms with E-state index in [0.29, 0.717) is 0 Å². The number of carbonyl (C=O) groups is 1. The largest absolute Gasteiger partial charge is 0.321 e. The van der Waals surface area contributed by atoms with Crippen LogP contribution in [0.3, 0.4) is 0 Å². The zero-order valence-electron chi connectivity index (χ0n) is 13.7. The SMILES string of the molecule is CCCCC1NC(c2ccsc2)N(CC(C)(C)CC)C1=O. The number of unbranched alkanes of at least 4 members (excludes halogenated alkanes) is 1. The zero-order chi connectivity index (χ0) is 15.5. The highest BCUT2D eigenvalue weighted by atomic mass is 32.1. The number of rotatable bonds is 7. The Kier molecular flexibility index (Phi) is 5.44. The van der Waals surface area contributed by atoms with Crippen LogP contribution in [0.5, 0.6) is 0 Å². The highest BCUT2D eigenvalue weighted by Crippen LogP contribution is 2.32. The molecule has 2 unspecified atom stereocenters. The molecule has 0 saturated carbocycles. The fraction of sp³-hybridized carbons (Fsp3) is 0.706. The molecule has 1 fully saturated rings. The minimum Gasteiger partial charge on any atom is -0.321 e. The van der Waals surface area contributed by atoms with E-state index in [1.807, 2.05) is 0 Å². The van der Waals surface area contributed by atoms with Gasteiger partial charge in [-0.1, -0.05) is 40.5 Å². The smallest absolute Gasteiger partial charge is 0.241 e. The van der Waals surface area contributed by atoms with E-state index in [2.05, 4.69) is 54.7 Å². The van der Waals surface area contributed by atoms with E-state index >= 15 is 0 Å². The molecule has 0 aliphatic carbocycles. The van der Waals surface area contributed by atoms with Crippen LogP contribution in [0, 0.1) is 5.41 Å². The van der Waals surface area contributed by atoms with Gasteiger partial charge in [0.1, 0.15) is 6.17 Å². The summed E-state index contributed by atoms with van der Waals surface area (Å²) < 4.78 is 0. The van der Waals surface area contributed by atoms with Crippen LogP contribution >= 0.6 is 11.3 Å². The van der Waals surface area contributed by atoms with Crippen molar-refractivity contribution in [2.24, 2.45) is 5.41 Å². The Labute approximate surface area is 132 Å². The second kappa shape index (κ2) is 6.93. The molecule has 1 N–H and O–H groups in total. The number of hydrogen-bond donors (Lipinski definition) is 1. The lowest BCUT2D eigenvalue weighted by Crippen LogP contribution is -2.38. The quantitative estimate of drug-likeness (QED) is 0.820. The zero-order valence-corrected chi connectivity index (χ0v) is 14.5. The lowest BCUT2D eigenvalue weighted by molar-refractivity contribution is -0.131.